The minimum atomic E-state index is -3.31. The zero-order valence-corrected chi connectivity index (χ0v) is 8.70. The predicted octanol–water partition coefficient (Wildman–Crippen LogP) is 0.132. The molecule has 4 nitrogen and oxygen atoms in total. The molecule has 0 atom stereocenters. The van der Waals surface area contributed by atoms with Crippen LogP contribution < -0.4 is 5.73 Å². The molecule has 0 saturated heterocycles. The largest absolute Gasteiger partial charge is 0.544 e. The van der Waals surface area contributed by atoms with Gasteiger partial charge >= 0.3 is 0 Å². The fourth-order valence-corrected chi connectivity index (χ4v) is 2.15. The Hall–Kier alpha value is -0.910. The van der Waals surface area contributed by atoms with E-state index in [1.54, 1.807) is 12.1 Å². The lowest BCUT2D eigenvalue weighted by molar-refractivity contribution is -0.362. The summed E-state index contributed by atoms with van der Waals surface area (Å²) in [5.74, 6) is -0.0200. The monoisotopic (exact) mass is 214 g/mol. The number of nitrogens with zero attached hydrogens (tertiary/aromatic N) is 1. The molecule has 78 valence electrons. The van der Waals surface area contributed by atoms with Crippen molar-refractivity contribution in [1.29, 1.82) is 0 Å². The second kappa shape index (κ2) is 5.09. The summed E-state index contributed by atoms with van der Waals surface area (Å²) in [6.07, 6.45) is 0. The lowest BCUT2D eigenvalue weighted by atomic mass is 10.2. The average Bonchev–Trinajstić information content (AvgIpc) is 2.16. The van der Waals surface area contributed by atoms with E-state index in [1.165, 1.54) is 0 Å². The molecule has 1 aromatic rings. The van der Waals surface area contributed by atoms with Crippen molar-refractivity contribution in [3.8, 4) is 0 Å². The average molecular weight is 214 g/mol. The van der Waals surface area contributed by atoms with Gasteiger partial charge in [-0.25, -0.2) is 8.42 Å². The number of hydrogen-bond donors (Lipinski definition) is 1. The van der Waals surface area contributed by atoms with Crippen LogP contribution in [0.5, 0.6) is 0 Å². The molecule has 0 unspecified atom stereocenters. The van der Waals surface area contributed by atoms with Gasteiger partial charge in [-0.15, -0.1) is 0 Å². The lowest BCUT2D eigenvalue weighted by Crippen LogP contribution is -2.51. The van der Waals surface area contributed by atoms with Crippen LogP contribution in [0.25, 0.3) is 4.72 Å². The van der Waals surface area contributed by atoms with Gasteiger partial charge in [0, 0.05) is 0 Å². The normalized spacial score (nSPS) is 11.5. The van der Waals surface area contributed by atoms with Crippen LogP contribution in [-0.2, 0) is 15.8 Å². The molecule has 0 bridgehead atoms. The Kier molecular flexibility index (Phi) is 4.06. The standard InChI is InChI=1S/C9H13N2O2S/c10-6-7-11-14(12,13)8-9-4-2-1-3-5-9/h1-5H,6-8,10H2/q-1/p+1. The van der Waals surface area contributed by atoms with Gasteiger partial charge in [-0.1, -0.05) is 36.9 Å². The molecule has 0 fully saturated rings. The molecular formula is C9H14N2O2S. The maximum atomic E-state index is 11.4. The van der Waals surface area contributed by atoms with Crippen molar-refractivity contribution < 1.29 is 14.2 Å². The SMILES string of the molecule is [NH3+]CC[N-]S(=O)(=O)Cc1ccccc1. The van der Waals surface area contributed by atoms with Crippen molar-refractivity contribution in [3.63, 3.8) is 0 Å². The van der Waals surface area contributed by atoms with Gasteiger partial charge < -0.3 is 10.5 Å². The first-order valence-corrected chi connectivity index (χ1v) is 5.99. The molecule has 0 spiro atoms. The van der Waals surface area contributed by atoms with Crippen LogP contribution in [0.3, 0.4) is 0 Å². The highest BCUT2D eigenvalue weighted by Crippen LogP contribution is 2.10. The number of sulfonamides is 1. The first-order valence-electron chi connectivity index (χ1n) is 4.39. The Bertz CT molecular complexity index is 362. The minimum absolute atomic E-state index is 0.0200. The van der Waals surface area contributed by atoms with E-state index in [0.717, 1.165) is 5.56 Å². The van der Waals surface area contributed by atoms with E-state index in [0.29, 0.717) is 6.54 Å². The third kappa shape index (κ3) is 3.87. The summed E-state index contributed by atoms with van der Waals surface area (Å²) in [6.45, 7) is 0.781. The molecule has 1 aromatic carbocycles. The van der Waals surface area contributed by atoms with E-state index in [4.69, 9.17) is 0 Å². The Morgan fingerprint density at radius 1 is 1.21 bits per heavy atom. The second-order valence-corrected chi connectivity index (χ2v) is 4.63. The molecule has 0 aliphatic rings. The molecule has 0 aromatic heterocycles. The van der Waals surface area contributed by atoms with Crippen LogP contribution >= 0.6 is 0 Å². The molecule has 14 heavy (non-hydrogen) atoms. The zero-order valence-electron chi connectivity index (χ0n) is 7.89. The number of hydrogen-bond acceptors (Lipinski definition) is 2. The Morgan fingerprint density at radius 3 is 2.43 bits per heavy atom. The molecule has 0 amide bonds. The van der Waals surface area contributed by atoms with Crippen LogP contribution in [0.4, 0.5) is 0 Å². The van der Waals surface area contributed by atoms with Crippen molar-refractivity contribution >= 4 is 10.0 Å². The van der Waals surface area contributed by atoms with Crippen LogP contribution in [0, 0.1) is 0 Å². The third-order valence-electron chi connectivity index (χ3n) is 1.64. The van der Waals surface area contributed by atoms with E-state index in [1.807, 2.05) is 18.2 Å². The Morgan fingerprint density at radius 2 is 1.86 bits per heavy atom. The minimum Gasteiger partial charge on any atom is -0.544 e. The summed E-state index contributed by atoms with van der Waals surface area (Å²) in [7, 11) is -3.31. The number of benzene rings is 1. The summed E-state index contributed by atoms with van der Waals surface area (Å²) in [5, 5.41) is 0. The maximum Gasteiger partial charge on any atom is 0.0765 e. The van der Waals surface area contributed by atoms with E-state index in [9.17, 15) is 8.42 Å². The van der Waals surface area contributed by atoms with E-state index >= 15 is 0 Å². The maximum absolute atomic E-state index is 11.4. The molecule has 5 heteroatoms. The fraction of sp³-hybridized carbons (Fsp3) is 0.333. The van der Waals surface area contributed by atoms with Gasteiger partial charge in [0.15, 0.2) is 0 Å². The molecule has 0 heterocycles. The van der Waals surface area contributed by atoms with Gasteiger partial charge in [0.05, 0.1) is 22.3 Å². The molecule has 1 rings (SSSR count). The quantitative estimate of drug-likeness (QED) is 0.756. The van der Waals surface area contributed by atoms with Crippen LogP contribution in [0.15, 0.2) is 30.3 Å². The fourth-order valence-electron chi connectivity index (χ4n) is 1.03. The van der Waals surface area contributed by atoms with Gasteiger partial charge in [0.1, 0.15) is 0 Å². The molecular weight excluding hydrogens is 200 g/mol. The summed E-state index contributed by atoms with van der Waals surface area (Å²) < 4.78 is 26.3. The Labute approximate surface area is 84.2 Å². The number of rotatable bonds is 5. The molecule has 3 N–H and O–H groups in total. The molecule has 0 saturated carbocycles. The van der Waals surface area contributed by atoms with Crippen LogP contribution in [0.2, 0.25) is 0 Å². The van der Waals surface area contributed by atoms with E-state index in [2.05, 4.69) is 10.5 Å². The van der Waals surface area contributed by atoms with Gasteiger partial charge in [-0.3, -0.25) is 0 Å². The van der Waals surface area contributed by atoms with Crippen LogP contribution in [0.1, 0.15) is 5.56 Å². The summed E-state index contributed by atoms with van der Waals surface area (Å²) in [4.78, 5) is 0. The number of quaternary nitrogens is 1. The predicted molar refractivity (Wildman–Crippen MR) is 55.0 cm³/mol. The van der Waals surface area contributed by atoms with E-state index in [-0.39, 0.29) is 12.3 Å². The van der Waals surface area contributed by atoms with Crippen molar-refractivity contribution in [3.05, 3.63) is 40.6 Å². The smallest absolute Gasteiger partial charge is 0.0765 e. The van der Waals surface area contributed by atoms with Crippen molar-refractivity contribution in [2.45, 2.75) is 5.75 Å². The summed E-state index contributed by atoms with van der Waals surface area (Å²) in [6, 6.07) is 9.02. The summed E-state index contributed by atoms with van der Waals surface area (Å²) in [5.41, 5.74) is 4.30. The highest BCUT2D eigenvalue weighted by atomic mass is 32.2. The van der Waals surface area contributed by atoms with Gasteiger partial charge in [-0.05, 0) is 5.56 Å². The third-order valence-corrected chi connectivity index (χ3v) is 2.91. The highest BCUT2D eigenvalue weighted by molar-refractivity contribution is 7.93. The first kappa shape index (κ1) is 11.2. The molecule has 0 radical (unpaired) electrons. The molecule has 0 aliphatic carbocycles. The van der Waals surface area contributed by atoms with Crippen molar-refractivity contribution in [2.24, 2.45) is 0 Å². The topological polar surface area (TPSA) is 75.9 Å². The zero-order chi connectivity index (χ0) is 10.4. The second-order valence-electron chi connectivity index (χ2n) is 2.92. The van der Waals surface area contributed by atoms with Gasteiger partial charge in [0.2, 0.25) is 0 Å². The van der Waals surface area contributed by atoms with Gasteiger partial charge in [0.25, 0.3) is 0 Å². The first-order chi connectivity index (χ1) is 6.64. The van der Waals surface area contributed by atoms with Crippen LogP contribution in [-0.4, -0.2) is 21.5 Å². The van der Waals surface area contributed by atoms with Crippen molar-refractivity contribution in [1.82, 2.24) is 0 Å². The summed E-state index contributed by atoms with van der Waals surface area (Å²) >= 11 is 0. The Balaban J connectivity index is 2.60. The van der Waals surface area contributed by atoms with Crippen molar-refractivity contribution in [2.75, 3.05) is 13.1 Å². The van der Waals surface area contributed by atoms with E-state index < -0.39 is 10.0 Å². The van der Waals surface area contributed by atoms with Gasteiger partial charge in [-0.2, -0.15) is 0 Å². The molecule has 0 aliphatic heterocycles. The lowest BCUT2D eigenvalue weighted by Gasteiger charge is -2.17. The highest BCUT2D eigenvalue weighted by Gasteiger charge is 2.00.